The number of carboxylic acids is 1. The van der Waals surface area contributed by atoms with Gasteiger partial charge in [-0.2, -0.15) is 0 Å². The molecule has 0 aliphatic carbocycles. The fourth-order valence-electron chi connectivity index (χ4n) is 5.63. The van der Waals surface area contributed by atoms with Crippen LogP contribution in [-0.4, -0.2) is 42.4 Å². The van der Waals surface area contributed by atoms with Gasteiger partial charge < -0.3 is 24.1 Å². The van der Waals surface area contributed by atoms with Crippen LogP contribution in [0.2, 0.25) is 5.02 Å². The van der Waals surface area contributed by atoms with Gasteiger partial charge in [0.2, 0.25) is 0 Å². The average molecular weight is 711 g/mol. The largest absolute Gasteiger partial charge is 0.497 e. The van der Waals surface area contributed by atoms with E-state index in [0.717, 1.165) is 0 Å². The zero-order chi connectivity index (χ0) is 35.4. The number of hydrogen-bond donors (Lipinski definition) is 1. The number of methoxy groups -OCH3 is 2. The first-order chi connectivity index (χ1) is 24.2. The van der Waals surface area contributed by atoms with Crippen LogP contribution in [0, 0.1) is 0 Å². The number of rotatable bonds is 11. The lowest BCUT2D eigenvalue weighted by atomic mass is 9.93. The molecule has 12 heteroatoms. The summed E-state index contributed by atoms with van der Waals surface area (Å²) in [5, 5.41) is 9.55. The number of benzene rings is 4. The highest BCUT2D eigenvalue weighted by atomic mass is 35.5. The molecule has 10 nitrogen and oxygen atoms in total. The molecule has 0 saturated carbocycles. The number of ether oxygens (including phenoxy) is 4. The monoisotopic (exact) mass is 710 g/mol. The van der Waals surface area contributed by atoms with E-state index in [2.05, 4.69) is 0 Å². The van der Waals surface area contributed by atoms with Gasteiger partial charge in [-0.3, -0.25) is 9.36 Å². The maximum absolute atomic E-state index is 14.3. The van der Waals surface area contributed by atoms with Gasteiger partial charge in [0.1, 0.15) is 12.4 Å². The maximum atomic E-state index is 14.3. The second-order valence-electron chi connectivity index (χ2n) is 11.0. The van der Waals surface area contributed by atoms with E-state index in [1.165, 1.54) is 35.1 Å². The van der Waals surface area contributed by atoms with Gasteiger partial charge in [-0.15, -0.1) is 0 Å². The van der Waals surface area contributed by atoms with Crippen LogP contribution < -0.4 is 29.1 Å². The molecule has 1 aliphatic rings. The van der Waals surface area contributed by atoms with Crippen molar-refractivity contribution in [3.8, 4) is 17.2 Å². The summed E-state index contributed by atoms with van der Waals surface area (Å²) in [6.07, 6.45) is 1.68. The van der Waals surface area contributed by atoms with Gasteiger partial charge in [0.15, 0.2) is 16.3 Å². The highest BCUT2D eigenvalue weighted by Gasteiger charge is 2.35. The van der Waals surface area contributed by atoms with E-state index in [1.807, 2.05) is 36.4 Å². The van der Waals surface area contributed by atoms with Crippen LogP contribution in [0.5, 0.6) is 17.2 Å². The normalized spacial score (nSPS) is 14.1. The summed E-state index contributed by atoms with van der Waals surface area (Å²) >= 11 is 7.86. The molecule has 1 atom stereocenters. The van der Waals surface area contributed by atoms with Crippen molar-refractivity contribution in [1.29, 1.82) is 0 Å². The van der Waals surface area contributed by atoms with Crippen LogP contribution in [0.15, 0.2) is 106 Å². The quantitative estimate of drug-likeness (QED) is 0.169. The SMILES string of the molecule is CCOC(=O)C1=C(c2ccccc2)N=c2s/c(=C/c3cc(Cl)c(OCc4cccc(C(=O)O)c4)c(OC)c3)c(=O)n2[C@H]1c1cccc(OC)c1. The van der Waals surface area contributed by atoms with Crippen LogP contribution in [0.3, 0.4) is 0 Å². The number of nitrogens with zero attached hydrogens (tertiary/aromatic N) is 2. The summed E-state index contributed by atoms with van der Waals surface area (Å²) in [6.45, 7) is 1.91. The second kappa shape index (κ2) is 14.9. The molecule has 1 aliphatic heterocycles. The third-order valence-electron chi connectivity index (χ3n) is 7.89. The number of carbonyl (C=O) groups is 2. The van der Waals surface area contributed by atoms with Crippen LogP contribution >= 0.6 is 22.9 Å². The standard InChI is InChI=1S/C38H31ClN2O8S/c1-4-48-37(45)31-32(24-11-6-5-7-12-24)40-38-41(33(31)25-13-9-15-27(20-25)46-2)35(42)30(50-38)19-23-17-28(39)34(29(18-23)47-3)49-21-22-10-8-14-26(16-22)36(43)44/h5-20,33H,4,21H2,1-3H3,(H,43,44)/b30-19+/t33-/m0/s1. The highest BCUT2D eigenvalue weighted by Crippen LogP contribution is 2.38. The molecule has 0 spiro atoms. The number of thiazole rings is 1. The lowest BCUT2D eigenvalue weighted by molar-refractivity contribution is -0.138. The number of aromatic nitrogens is 1. The Hall–Kier alpha value is -5.65. The summed E-state index contributed by atoms with van der Waals surface area (Å²) in [5.74, 6) is -0.488. The lowest BCUT2D eigenvalue weighted by Gasteiger charge is -2.26. The van der Waals surface area contributed by atoms with Crippen molar-refractivity contribution < 1.29 is 33.6 Å². The van der Waals surface area contributed by atoms with E-state index in [0.29, 0.717) is 48.8 Å². The minimum atomic E-state index is -1.04. The van der Waals surface area contributed by atoms with Gasteiger partial charge in [-0.05, 0) is 66.1 Å². The molecule has 1 N–H and O–H groups in total. The van der Waals surface area contributed by atoms with Crippen LogP contribution in [0.4, 0.5) is 0 Å². The predicted octanol–water partition coefficient (Wildman–Crippen LogP) is 5.88. The minimum Gasteiger partial charge on any atom is -0.497 e. The van der Waals surface area contributed by atoms with Crippen molar-refractivity contribution in [1.82, 2.24) is 4.57 Å². The first-order valence-electron chi connectivity index (χ1n) is 15.5. The van der Waals surface area contributed by atoms with Gasteiger partial charge in [0, 0.05) is 5.56 Å². The van der Waals surface area contributed by atoms with Crippen molar-refractivity contribution in [2.24, 2.45) is 4.99 Å². The van der Waals surface area contributed by atoms with Crippen molar-refractivity contribution in [2.75, 3.05) is 20.8 Å². The van der Waals surface area contributed by atoms with Gasteiger partial charge in [0.05, 0.1) is 53.3 Å². The number of carboxylic acid groups (broad SMARTS) is 1. The Morgan fingerprint density at radius 3 is 2.48 bits per heavy atom. The Morgan fingerprint density at radius 1 is 0.980 bits per heavy atom. The van der Waals surface area contributed by atoms with Gasteiger partial charge in [0.25, 0.3) is 5.56 Å². The number of carbonyl (C=O) groups excluding carboxylic acids is 1. The fourth-order valence-corrected chi connectivity index (χ4v) is 6.91. The molecule has 0 bridgehead atoms. The molecule has 6 rings (SSSR count). The summed E-state index contributed by atoms with van der Waals surface area (Å²) in [5.41, 5.74) is 2.93. The Labute approximate surface area is 295 Å². The molecular weight excluding hydrogens is 680 g/mol. The molecular formula is C38H31ClN2O8S. The fraction of sp³-hybridized carbons (Fsp3) is 0.158. The molecule has 0 fully saturated rings. The van der Waals surface area contributed by atoms with E-state index in [-0.39, 0.29) is 40.7 Å². The zero-order valence-corrected chi connectivity index (χ0v) is 28.8. The van der Waals surface area contributed by atoms with Crippen LogP contribution in [0.25, 0.3) is 11.8 Å². The van der Waals surface area contributed by atoms with Crippen molar-refractivity contribution in [3.05, 3.63) is 149 Å². The third-order valence-corrected chi connectivity index (χ3v) is 9.15. The van der Waals surface area contributed by atoms with Gasteiger partial charge >= 0.3 is 11.9 Å². The molecule has 5 aromatic rings. The molecule has 0 saturated heterocycles. The topological polar surface area (TPSA) is 126 Å². The summed E-state index contributed by atoms with van der Waals surface area (Å²) in [6, 6.07) is 25.4. The maximum Gasteiger partial charge on any atom is 0.338 e. The minimum absolute atomic E-state index is 0.0476. The summed E-state index contributed by atoms with van der Waals surface area (Å²) in [7, 11) is 3.02. The molecule has 0 amide bonds. The Balaban J connectivity index is 1.47. The molecule has 254 valence electrons. The Morgan fingerprint density at radius 2 is 1.76 bits per heavy atom. The Bertz CT molecular complexity index is 2310. The van der Waals surface area contributed by atoms with Gasteiger partial charge in [-0.1, -0.05) is 77.5 Å². The van der Waals surface area contributed by atoms with Crippen molar-refractivity contribution >= 4 is 46.6 Å². The smallest absolute Gasteiger partial charge is 0.338 e. The first kappa shape index (κ1) is 34.2. The number of esters is 1. The second-order valence-corrected chi connectivity index (χ2v) is 12.5. The Kier molecular flexibility index (Phi) is 10.2. The molecule has 1 aromatic heterocycles. The van der Waals surface area contributed by atoms with Crippen molar-refractivity contribution in [3.63, 3.8) is 0 Å². The van der Waals surface area contributed by atoms with E-state index in [9.17, 15) is 19.5 Å². The van der Waals surface area contributed by atoms with E-state index in [1.54, 1.807) is 62.6 Å². The van der Waals surface area contributed by atoms with E-state index in [4.69, 9.17) is 35.5 Å². The molecule has 0 radical (unpaired) electrons. The molecule has 50 heavy (non-hydrogen) atoms. The molecule has 0 unspecified atom stereocenters. The number of hydrogen-bond acceptors (Lipinski definition) is 9. The number of aromatic carboxylic acids is 1. The predicted molar refractivity (Wildman–Crippen MR) is 190 cm³/mol. The average Bonchev–Trinajstić information content (AvgIpc) is 3.44. The lowest BCUT2D eigenvalue weighted by Crippen LogP contribution is -2.40. The third kappa shape index (κ3) is 6.91. The van der Waals surface area contributed by atoms with Gasteiger partial charge in [-0.25, -0.2) is 14.6 Å². The van der Waals surface area contributed by atoms with Crippen molar-refractivity contribution in [2.45, 2.75) is 19.6 Å². The van der Waals surface area contributed by atoms with Crippen LogP contribution in [-0.2, 0) is 16.1 Å². The molecule has 4 aromatic carbocycles. The number of halogens is 1. The van der Waals surface area contributed by atoms with E-state index >= 15 is 0 Å². The summed E-state index contributed by atoms with van der Waals surface area (Å²) < 4.78 is 24.4. The summed E-state index contributed by atoms with van der Waals surface area (Å²) in [4.78, 5) is 44.7. The van der Waals surface area contributed by atoms with Crippen LogP contribution in [0.1, 0.15) is 45.6 Å². The zero-order valence-electron chi connectivity index (χ0n) is 27.2. The first-order valence-corrected chi connectivity index (χ1v) is 16.7. The van der Waals surface area contributed by atoms with E-state index < -0.39 is 18.0 Å². The number of fused-ring (bicyclic) bond motifs is 1. The molecule has 2 heterocycles. The highest BCUT2D eigenvalue weighted by molar-refractivity contribution is 7.07.